The van der Waals surface area contributed by atoms with Crippen molar-refractivity contribution < 1.29 is 14.5 Å². The average molecular weight is 323 g/mol. The van der Waals surface area contributed by atoms with Crippen LogP contribution in [0.2, 0.25) is 0 Å². The Labute approximate surface area is 133 Å². The van der Waals surface area contributed by atoms with Gasteiger partial charge in [0.15, 0.2) is 0 Å². The predicted molar refractivity (Wildman–Crippen MR) is 86.0 cm³/mol. The molecule has 9 heteroatoms. The van der Waals surface area contributed by atoms with E-state index in [4.69, 9.17) is 5.73 Å². The molecule has 0 aliphatic heterocycles. The van der Waals surface area contributed by atoms with Crippen LogP contribution in [0.15, 0.2) is 18.2 Å². The Kier molecular flexibility index (Phi) is 7.48. The molecular weight excluding hydrogens is 302 g/mol. The van der Waals surface area contributed by atoms with E-state index in [1.165, 1.54) is 6.07 Å². The second-order valence-corrected chi connectivity index (χ2v) is 4.89. The fourth-order valence-electron chi connectivity index (χ4n) is 1.79. The zero-order valence-corrected chi connectivity index (χ0v) is 12.9. The third-order valence-electron chi connectivity index (χ3n) is 2.97. The van der Waals surface area contributed by atoms with Gasteiger partial charge in [-0.2, -0.15) is 0 Å². The van der Waals surface area contributed by atoms with Gasteiger partial charge in [0.2, 0.25) is 11.8 Å². The van der Waals surface area contributed by atoms with Gasteiger partial charge in [0, 0.05) is 19.2 Å². The zero-order chi connectivity index (χ0) is 17.2. The van der Waals surface area contributed by atoms with E-state index in [0.29, 0.717) is 25.2 Å². The van der Waals surface area contributed by atoms with E-state index >= 15 is 0 Å². The molecule has 1 rings (SSSR count). The van der Waals surface area contributed by atoms with Crippen LogP contribution in [0.1, 0.15) is 12.0 Å². The molecule has 1 aromatic rings. The maximum Gasteiger partial charge on any atom is 0.292 e. The Morgan fingerprint density at radius 2 is 1.96 bits per heavy atom. The monoisotopic (exact) mass is 323 g/mol. The van der Waals surface area contributed by atoms with Gasteiger partial charge in [-0.1, -0.05) is 6.07 Å². The molecule has 1 aromatic carbocycles. The molecule has 0 saturated carbocycles. The van der Waals surface area contributed by atoms with E-state index < -0.39 is 10.8 Å². The number of nitro groups is 1. The molecule has 0 aromatic heterocycles. The molecule has 5 N–H and O–H groups in total. The minimum Gasteiger partial charge on any atom is -0.379 e. The van der Waals surface area contributed by atoms with Crippen molar-refractivity contribution in [3.63, 3.8) is 0 Å². The molecule has 9 nitrogen and oxygen atoms in total. The van der Waals surface area contributed by atoms with Crippen molar-refractivity contribution in [1.82, 2.24) is 10.6 Å². The SMILES string of the molecule is Cc1ccc(NCCCNC(=O)CNC(=O)CN)c([N+](=O)[O-])c1. The number of aryl methyl sites for hydroxylation is 1. The molecule has 126 valence electrons. The van der Waals surface area contributed by atoms with Crippen LogP contribution in [0.3, 0.4) is 0 Å². The summed E-state index contributed by atoms with van der Waals surface area (Å²) in [5.41, 5.74) is 6.38. The zero-order valence-electron chi connectivity index (χ0n) is 12.9. The molecule has 0 aliphatic rings. The van der Waals surface area contributed by atoms with E-state index in [9.17, 15) is 19.7 Å². The minimum atomic E-state index is -0.433. The van der Waals surface area contributed by atoms with Crippen molar-refractivity contribution in [2.45, 2.75) is 13.3 Å². The molecule has 23 heavy (non-hydrogen) atoms. The Bertz CT molecular complexity index is 576. The highest BCUT2D eigenvalue weighted by Gasteiger charge is 2.12. The lowest BCUT2D eigenvalue weighted by Crippen LogP contribution is -2.39. The van der Waals surface area contributed by atoms with E-state index in [1.54, 1.807) is 19.1 Å². The highest BCUT2D eigenvalue weighted by molar-refractivity contribution is 5.85. The number of carbonyl (C=O) groups excluding carboxylic acids is 2. The normalized spacial score (nSPS) is 10.0. The van der Waals surface area contributed by atoms with Crippen molar-refractivity contribution in [1.29, 1.82) is 0 Å². The van der Waals surface area contributed by atoms with Crippen LogP contribution < -0.4 is 21.7 Å². The molecule has 0 heterocycles. The van der Waals surface area contributed by atoms with Gasteiger partial charge in [0.1, 0.15) is 5.69 Å². The summed E-state index contributed by atoms with van der Waals surface area (Å²) in [7, 11) is 0. The molecule has 0 atom stereocenters. The Balaban J connectivity index is 2.29. The fourth-order valence-corrected chi connectivity index (χ4v) is 1.79. The summed E-state index contributed by atoms with van der Waals surface area (Å²) in [5.74, 6) is -0.707. The molecule has 0 spiro atoms. The van der Waals surface area contributed by atoms with Gasteiger partial charge in [-0.3, -0.25) is 19.7 Å². The first-order valence-electron chi connectivity index (χ1n) is 7.16. The van der Waals surface area contributed by atoms with Crippen LogP contribution in [0.4, 0.5) is 11.4 Å². The number of amides is 2. The second-order valence-electron chi connectivity index (χ2n) is 4.89. The van der Waals surface area contributed by atoms with E-state index in [-0.39, 0.29) is 24.7 Å². The molecular formula is C14H21N5O4. The summed E-state index contributed by atoms with van der Waals surface area (Å²) in [6.45, 7) is 2.37. The largest absolute Gasteiger partial charge is 0.379 e. The average Bonchev–Trinajstić information content (AvgIpc) is 2.53. The van der Waals surface area contributed by atoms with Crippen molar-refractivity contribution in [3.8, 4) is 0 Å². The quantitative estimate of drug-likeness (QED) is 0.284. The van der Waals surface area contributed by atoms with E-state index in [2.05, 4.69) is 16.0 Å². The lowest BCUT2D eigenvalue weighted by molar-refractivity contribution is -0.384. The molecule has 0 radical (unpaired) electrons. The number of carbonyl (C=O) groups is 2. The summed E-state index contributed by atoms with van der Waals surface area (Å²) in [5, 5.41) is 18.9. The summed E-state index contributed by atoms with van der Waals surface area (Å²) < 4.78 is 0. The second kappa shape index (κ2) is 9.36. The Morgan fingerprint density at radius 3 is 2.61 bits per heavy atom. The van der Waals surface area contributed by atoms with Crippen LogP contribution in [-0.4, -0.2) is 42.9 Å². The molecule has 0 saturated heterocycles. The van der Waals surface area contributed by atoms with Gasteiger partial charge in [-0.25, -0.2) is 0 Å². The third kappa shape index (κ3) is 6.74. The lowest BCUT2D eigenvalue weighted by atomic mass is 10.2. The fraction of sp³-hybridized carbons (Fsp3) is 0.429. The topological polar surface area (TPSA) is 139 Å². The highest BCUT2D eigenvalue weighted by atomic mass is 16.6. The first kappa shape index (κ1) is 18.4. The maximum absolute atomic E-state index is 11.4. The summed E-state index contributed by atoms with van der Waals surface area (Å²) in [4.78, 5) is 32.8. The van der Waals surface area contributed by atoms with Crippen LogP contribution in [0, 0.1) is 17.0 Å². The number of rotatable bonds is 9. The number of nitrogens with zero attached hydrogens (tertiary/aromatic N) is 1. The van der Waals surface area contributed by atoms with Crippen molar-refractivity contribution in [3.05, 3.63) is 33.9 Å². The smallest absolute Gasteiger partial charge is 0.292 e. The van der Waals surface area contributed by atoms with Crippen LogP contribution in [0.5, 0.6) is 0 Å². The first-order valence-corrected chi connectivity index (χ1v) is 7.16. The van der Waals surface area contributed by atoms with Gasteiger partial charge in [-0.05, 0) is 25.0 Å². The van der Waals surface area contributed by atoms with Gasteiger partial charge in [0.25, 0.3) is 5.69 Å². The molecule has 0 unspecified atom stereocenters. The molecule has 0 bridgehead atoms. The highest BCUT2D eigenvalue weighted by Crippen LogP contribution is 2.24. The van der Waals surface area contributed by atoms with Gasteiger partial charge >= 0.3 is 0 Å². The van der Waals surface area contributed by atoms with Crippen LogP contribution in [-0.2, 0) is 9.59 Å². The van der Waals surface area contributed by atoms with Gasteiger partial charge < -0.3 is 21.7 Å². The third-order valence-corrected chi connectivity index (χ3v) is 2.97. The predicted octanol–water partition coefficient (Wildman–Crippen LogP) is -0.104. The number of nitrogens with two attached hydrogens (primary N) is 1. The maximum atomic E-state index is 11.4. The Morgan fingerprint density at radius 1 is 1.22 bits per heavy atom. The Hall–Kier alpha value is -2.68. The van der Waals surface area contributed by atoms with Crippen molar-refractivity contribution >= 4 is 23.2 Å². The van der Waals surface area contributed by atoms with Gasteiger partial charge in [-0.15, -0.1) is 0 Å². The molecule has 2 amide bonds. The number of hydrogen-bond acceptors (Lipinski definition) is 6. The lowest BCUT2D eigenvalue weighted by Gasteiger charge is -2.09. The van der Waals surface area contributed by atoms with E-state index in [0.717, 1.165) is 5.56 Å². The number of nitro benzene ring substituents is 1. The molecule has 0 fully saturated rings. The van der Waals surface area contributed by atoms with E-state index in [1.807, 2.05) is 0 Å². The summed E-state index contributed by atoms with van der Waals surface area (Å²) in [6.07, 6.45) is 0.585. The van der Waals surface area contributed by atoms with Crippen LogP contribution in [0.25, 0.3) is 0 Å². The van der Waals surface area contributed by atoms with Crippen molar-refractivity contribution in [2.75, 3.05) is 31.5 Å². The number of benzene rings is 1. The number of nitrogens with one attached hydrogen (secondary N) is 3. The van der Waals surface area contributed by atoms with Crippen LogP contribution >= 0.6 is 0 Å². The molecule has 0 aliphatic carbocycles. The number of hydrogen-bond donors (Lipinski definition) is 4. The summed E-state index contributed by atoms with van der Waals surface area (Å²) in [6, 6.07) is 4.95. The van der Waals surface area contributed by atoms with Gasteiger partial charge in [0.05, 0.1) is 18.0 Å². The minimum absolute atomic E-state index is 0.0264. The number of anilines is 1. The van der Waals surface area contributed by atoms with Crippen molar-refractivity contribution in [2.24, 2.45) is 5.73 Å². The summed E-state index contributed by atoms with van der Waals surface area (Å²) >= 11 is 0. The first-order chi connectivity index (χ1) is 10.9. The standard InChI is InChI=1S/C14H21N5O4/c1-10-3-4-11(12(7-10)19(22)23)16-5-2-6-17-14(21)9-18-13(20)8-15/h3-4,7,16H,2,5-6,8-9,15H2,1H3,(H,17,21)(H,18,20).